The Hall–Kier alpha value is -0.0800. The number of aliphatic hydroxyl groups is 1. The number of ether oxygens (including phenoxy) is 1. The fraction of sp³-hybridized carbons (Fsp3) is 1.00. The third-order valence-electron chi connectivity index (χ3n) is 3.85. The number of rotatable bonds is 0. The Morgan fingerprint density at radius 2 is 2.00 bits per heavy atom. The van der Waals surface area contributed by atoms with Crippen LogP contribution in [0.15, 0.2) is 0 Å². The van der Waals surface area contributed by atoms with E-state index in [0.717, 1.165) is 19.3 Å². The van der Waals surface area contributed by atoms with E-state index in [4.69, 9.17) is 4.74 Å². The molecule has 2 saturated carbocycles. The second kappa shape index (κ2) is 1.64. The molecule has 1 aliphatic heterocycles. The maximum absolute atomic E-state index is 9.70. The summed E-state index contributed by atoms with van der Waals surface area (Å²) in [4.78, 5) is 0. The van der Waals surface area contributed by atoms with Crippen molar-refractivity contribution in [2.75, 3.05) is 0 Å². The van der Waals surface area contributed by atoms with Gasteiger partial charge in [-0.15, -0.1) is 0 Å². The fourth-order valence-electron chi connectivity index (χ4n) is 3.19. The molecule has 2 aliphatic carbocycles. The molecule has 0 aromatic carbocycles. The molecule has 3 fully saturated rings. The lowest BCUT2D eigenvalue weighted by Gasteiger charge is -2.19. The molecule has 3 atom stereocenters. The zero-order chi connectivity index (χ0) is 7.53. The lowest BCUT2D eigenvalue weighted by molar-refractivity contribution is 0.0595. The Kier molecular flexibility index (Phi) is 0.961. The molecule has 1 N–H and O–H groups in total. The van der Waals surface area contributed by atoms with E-state index in [9.17, 15) is 5.11 Å². The molecule has 2 nitrogen and oxygen atoms in total. The summed E-state index contributed by atoms with van der Waals surface area (Å²) in [6, 6.07) is 0. The van der Waals surface area contributed by atoms with Gasteiger partial charge in [0.2, 0.25) is 0 Å². The molecule has 1 saturated heterocycles. The summed E-state index contributed by atoms with van der Waals surface area (Å²) in [6.45, 7) is 0. The molecular weight excluding hydrogens is 140 g/mol. The summed E-state index contributed by atoms with van der Waals surface area (Å²) in [5.41, 5.74) is 0.107. The largest absolute Gasteiger partial charge is 0.390 e. The molecule has 0 aromatic heterocycles. The van der Waals surface area contributed by atoms with E-state index < -0.39 is 0 Å². The van der Waals surface area contributed by atoms with Gasteiger partial charge in [0.15, 0.2) is 0 Å². The Morgan fingerprint density at radius 1 is 1.18 bits per heavy atom. The van der Waals surface area contributed by atoms with Crippen molar-refractivity contribution in [3.8, 4) is 0 Å². The monoisotopic (exact) mass is 154 g/mol. The number of hydrogen-bond acceptors (Lipinski definition) is 2. The van der Waals surface area contributed by atoms with Crippen molar-refractivity contribution in [2.45, 2.75) is 55.8 Å². The van der Waals surface area contributed by atoms with Crippen molar-refractivity contribution < 1.29 is 9.84 Å². The SMILES string of the molecule is O[C@@H]1CC[C@@]23CCCC[C@@]12O3. The van der Waals surface area contributed by atoms with E-state index in [1.165, 1.54) is 19.3 Å². The zero-order valence-corrected chi connectivity index (χ0v) is 6.68. The molecule has 2 heteroatoms. The summed E-state index contributed by atoms with van der Waals surface area (Å²) >= 11 is 0. The van der Waals surface area contributed by atoms with E-state index in [2.05, 4.69) is 0 Å². The minimum Gasteiger partial charge on any atom is -0.390 e. The summed E-state index contributed by atoms with van der Waals surface area (Å²) in [7, 11) is 0. The van der Waals surface area contributed by atoms with Gasteiger partial charge in [0, 0.05) is 0 Å². The highest BCUT2D eigenvalue weighted by atomic mass is 16.6. The fourth-order valence-corrected chi connectivity index (χ4v) is 3.19. The van der Waals surface area contributed by atoms with Gasteiger partial charge in [0.1, 0.15) is 11.2 Å². The van der Waals surface area contributed by atoms with E-state index in [-0.39, 0.29) is 17.3 Å². The van der Waals surface area contributed by atoms with Crippen molar-refractivity contribution in [3.63, 3.8) is 0 Å². The van der Waals surface area contributed by atoms with Crippen LogP contribution >= 0.6 is 0 Å². The van der Waals surface area contributed by atoms with Crippen molar-refractivity contribution in [1.29, 1.82) is 0 Å². The maximum Gasteiger partial charge on any atom is 0.124 e. The summed E-state index contributed by atoms with van der Waals surface area (Å²) in [6.07, 6.45) is 6.78. The molecule has 0 unspecified atom stereocenters. The van der Waals surface area contributed by atoms with Crippen molar-refractivity contribution in [1.82, 2.24) is 0 Å². The highest BCUT2D eigenvalue weighted by Gasteiger charge is 2.76. The predicted molar refractivity (Wildman–Crippen MR) is 40.3 cm³/mol. The van der Waals surface area contributed by atoms with Crippen LogP contribution < -0.4 is 0 Å². The van der Waals surface area contributed by atoms with Gasteiger partial charge in [-0.25, -0.2) is 0 Å². The van der Waals surface area contributed by atoms with Crippen LogP contribution in [0.3, 0.4) is 0 Å². The van der Waals surface area contributed by atoms with E-state index in [0.29, 0.717) is 0 Å². The molecule has 0 spiro atoms. The number of aliphatic hydroxyl groups excluding tert-OH is 1. The number of epoxide rings is 1. The average Bonchev–Trinajstić information content (AvgIpc) is 2.63. The lowest BCUT2D eigenvalue weighted by Crippen LogP contribution is -2.32. The van der Waals surface area contributed by atoms with Crippen molar-refractivity contribution in [2.24, 2.45) is 0 Å². The third kappa shape index (κ3) is 0.541. The van der Waals surface area contributed by atoms with Gasteiger partial charge in [0.25, 0.3) is 0 Å². The second-order valence-electron chi connectivity index (χ2n) is 4.25. The quantitative estimate of drug-likeness (QED) is 0.532. The van der Waals surface area contributed by atoms with Crippen LogP contribution in [-0.4, -0.2) is 22.4 Å². The van der Waals surface area contributed by atoms with Crippen molar-refractivity contribution >= 4 is 0 Å². The lowest BCUT2D eigenvalue weighted by atomic mass is 9.81. The molecule has 0 bridgehead atoms. The first-order valence-corrected chi connectivity index (χ1v) is 4.67. The highest BCUT2D eigenvalue weighted by Crippen LogP contribution is 2.66. The van der Waals surface area contributed by atoms with Crippen LogP contribution in [-0.2, 0) is 4.74 Å². The molecule has 62 valence electrons. The van der Waals surface area contributed by atoms with Gasteiger partial charge < -0.3 is 9.84 Å². The van der Waals surface area contributed by atoms with Gasteiger partial charge in [-0.1, -0.05) is 12.8 Å². The van der Waals surface area contributed by atoms with E-state index >= 15 is 0 Å². The van der Waals surface area contributed by atoms with Gasteiger partial charge in [-0.3, -0.25) is 0 Å². The minimum atomic E-state index is -0.150. The number of hydrogen-bond donors (Lipinski definition) is 1. The normalized spacial score (nSPS) is 60.3. The van der Waals surface area contributed by atoms with Crippen LogP contribution in [0.2, 0.25) is 0 Å². The van der Waals surface area contributed by atoms with E-state index in [1.54, 1.807) is 0 Å². The topological polar surface area (TPSA) is 32.8 Å². The van der Waals surface area contributed by atoms with Gasteiger partial charge in [-0.2, -0.15) is 0 Å². The first-order valence-electron chi connectivity index (χ1n) is 4.67. The smallest absolute Gasteiger partial charge is 0.124 e. The molecular formula is C9H14O2. The first kappa shape index (κ1) is 6.44. The zero-order valence-electron chi connectivity index (χ0n) is 6.68. The molecule has 1 heterocycles. The van der Waals surface area contributed by atoms with Crippen molar-refractivity contribution in [3.05, 3.63) is 0 Å². The molecule has 3 rings (SSSR count). The van der Waals surface area contributed by atoms with E-state index in [1.807, 2.05) is 0 Å². The third-order valence-corrected chi connectivity index (χ3v) is 3.85. The average molecular weight is 154 g/mol. The standard InChI is InChI=1S/C9H14O2/c10-7-3-6-8-4-1-2-5-9(7,8)11-8/h7,10H,1-6H2/t7-,8+,9-/m1/s1. The molecule has 11 heavy (non-hydrogen) atoms. The van der Waals surface area contributed by atoms with Crippen LogP contribution in [0.5, 0.6) is 0 Å². The Bertz CT molecular complexity index is 196. The maximum atomic E-state index is 9.70. The summed E-state index contributed by atoms with van der Waals surface area (Å²) < 4.78 is 5.75. The molecule has 0 radical (unpaired) electrons. The van der Waals surface area contributed by atoms with Crippen LogP contribution in [0.1, 0.15) is 38.5 Å². The van der Waals surface area contributed by atoms with Gasteiger partial charge in [0.05, 0.1) is 6.10 Å². The van der Waals surface area contributed by atoms with Crippen LogP contribution in [0.25, 0.3) is 0 Å². The molecule has 0 aromatic rings. The predicted octanol–water partition coefficient (Wildman–Crippen LogP) is 1.22. The van der Waals surface area contributed by atoms with Crippen LogP contribution in [0.4, 0.5) is 0 Å². The molecule has 0 amide bonds. The Labute approximate surface area is 66.5 Å². The van der Waals surface area contributed by atoms with Gasteiger partial charge >= 0.3 is 0 Å². The van der Waals surface area contributed by atoms with Gasteiger partial charge in [-0.05, 0) is 25.7 Å². The minimum absolute atomic E-state index is 0.0503. The molecule has 3 aliphatic rings. The Balaban J connectivity index is 1.96. The highest BCUT2D eigenvalue weighted by molar-refractivity contribution is 5.25. The summed E-state index contributed by atoms with van der Waals surface area (Å²) in [5, 5.41) is 9.70. The second-order valence-corrected chi connectivity index (χ2v) is 4.25. The Morgan fingerprint density at radius 3 is 2.82 bits per heavy atom. The summed E-state index contributed by atoms with van der Waals surface area (Å²) in [5.74, 6) is 0. The van der Waals surface area contributed by atoms with Crippen LogP contribution in [0, 0.1) is 0 Å². The first-order chi connectivity index (χ1) is 5.29.